The number of hydrogen-bond donors (Lipinski definition) is 1. The van der Waals surface area contributed by atoms with Crippen LogP contribution in [-0.4, -0.2) is 29.0 Å². The molecular weight excluding hydrogens is 462 g/mol. The van der Waals surface area contributed by atoms with E-state index in [0.29, 0.717) is 27.9 Å². The molecule has 5 nitrogen and oxygen atoms in total. The topological polar surface area (TPSA) is 66.5 Å². The van der Waals surface area contributed by atoms with Gasteiger partial charge in [-0.15, -0.1) is 0 Å². The lowest BCUT2D eigenvalue weighted by molar-refractivity contribution is -0.117. The first kappa shape index (κ1) is 23.1. The van der Waals surface area contributed by atoms with Crippen LogP contribution in [0.2, 0.25) is 0 Å². The quantitative estimate of drug-likeness (QED) is 0.397. The van der Waals surface area contributed by atoms with Crippen LogP contribution >= 0.6 is 0 Å². The van der Waals surface area contributed by atoms with Crippen molar-refractivity contribution >= 4 is 23.3 Å². The van der Waals surface area contributed by atoms with Gasteiger partial charge in [0, 0.05) is 27.9 Å². The molecule has 178 valence electrons. The number of benzene rings is 4. The average molecular weight is 482 g/mol. The molecule has 2 amide bonds. The van der Waals surface area contributed by atoms with Gasteiger partial charge in [-0.2, -0.15) is 0 Å². The maximum absolute atomic E-state index is 14.3. The van der Waals surface area contributed by atoms with Crippen molar-refractivity contribution < 1.29 is 23.2 Å². The van der Waals surface area contributed by atoms with E-state index in [2.05, 4.69) is 5.32 Å². The lowest BCUT2D eigenvalue weighted by atomic mass is 9.95. The van der Waals surface area contributed by atoms with Gasteiger partial charge in [0.15, 0.2) is 5.78 Å². The number of nitrogens with zero attached hydrogens (tertiary/aromatic N) is 1. The van der Waals surface area contributed by atoms with Crippen LogP contribution in [-0.2, 0) is 4.79 Å². The molecule has 0 bridgehead atoms. The molecule has 1 unspecified atom stereocenters. The van der Waals surface area contributed by atoms with Crippen LogP contribution < -0.4 is 5.32 Å². The van der Waals surface area contributed by atoms with E-state index >= 15 is 0 Å². The van der Waals surface area contributed by atoms with Gasteiger partial charge in [-0.25, -0.2) is 8.78 Å². The van der Waals surface area contributed by atoms with Gasteiger partial charge in [0.05, 0.1) is 6.04 Å². The molecule has 4 aromatic rings. The molecule has 0 saturated heterocycles. The fourth-order valence-corrected chi connectivity index (χ4v) is 4.36. The van der Waals surface area contributed by atoms with E-state index in [1.165, 1.54) is 59.5 Å². The minimum absolute atomic E-state index is 0.183. The molecule has 0 aromatic heterocycles. The second-order valence-electron chi connectivity index (χ2n) is 8.44. The molecule has 5 rings (SSSR count). The van der Waals surface area contributed by atoms with Crippen LogP contribution in [0.3, 0.4) is 0 Å². The van der Waals surface area contributed by atoms with Crippen molar-refractivity contribution in [2.45, 2.75) is 6.04 Å². The molecule has 36 heavy (non-hydrogen) atoms. The predicted octanol–water partition coefficient (Wildman–Crippen LogP) is 5.38. The zero-order chi connectivity index (χ0) is 25.2. The molecule has 4 aromatic carbocycles. The summed E-state index contributed by atoms with van der Waals surface area (Å²) in [6, 6.07) is 23.5. The zero-order valence-electron chi connectivity index (χ0n) is 18.9. The highest BCUT2D eigenvalue weighted by Crippen LogP contribution is 2.37. The minimum atomic E-state index is -0.853. The minimum Gasteiger partial charge on any atom is -0.324 e. The van der Waals surface area contributed by atoms with Crippen molar-refractivity contribution in [3.8, 4) is 0 Å². The van der Waals surface area contributed by atoms with Crippen LogP contribution in [0.4, 0.5) is 14.5 Å². The summed E-state index contributed by atoms with van der Waals surface area (Å²) in [6.45, 7) is -0.304. The van der Waals surface area contributed by atoms with Crippen molar-refractivity contribution in [2.24, 2.45) is 0 Å². The summed E-state index contributed by atoms with van der Waals surface area (Å²) in [4.78, 5) is 40.5. The van der Waals surface area contributed by atoms with Crippen molar-refractivity contribution in [3.63, 3.8) is 0 Å². The van der Waals surface area contributed by atoms with E-state index < -0.39 is 29.5 Å². The molecule has 0 spiro atoms. The molecule has 1 aliphatic heterocycles. The molecule has 1 N–H and O–H groups in total. The monoisotopic (exact) mass is 482 g/mol. The van der Waals surface area contributed by atoms with Crippen LogP contribution in [0.5, 0.6) is 0 Å². The summed E-state index contributed by atoms with van der Waals surface area (Å²) in [6.07, 6.45) is 0. The normalized spacial score (nSPS) is 15.0. The predicted molar refractivity (Wildman–Crippen MR) is 131 cm³/mol. The Bertz CT molecular complexity index is 1450. The Hall–Kier alpha value is -4.65. The molecule has 1 aliphatic rings. The number of carbonyl (C=O) groups is 3. The highest BCUT2D eigenvalue weighted by Gasteiger charge is 2.34. The Labute approximate surface area is 206 Å². The summed E-state index contributed by atoms with van der Waals surface area (Å²) < 4.78 is 27.9. The van der Waals surface area contributed by atoms with Crippen molar-refractivity contribution in [1.29, 1.82) is 0 Å². The number of amides is 2. The van der Waals surface area contributed by atoms with E-state index in [1.54, 1.807) is 36.4 Å². The van der Waals surface area contributed by atoms with Crippen molar-refractivity contribution in [1.82, 2.24) is 4.90 Å². The van der Waals surface area contributed by atoms with Gasteiger partial charge in [0.25, 0.3) is 5.91 Å². The summed E-state index contributed by atoms with van der Waals surface area (Å²) >= 11 is 0. The first-order chi connectivity index (χ1) is 17.4. The lowest BCUT2D eigenvalue weighted by Crippen LogP contribution is -2.39. The lowest BCUT2D eigenvalue weighted by Gasteiger charge is -2.30. The Morgan fingerprint density at radius 2 is 1.36 bits per heavy atom. The summed E-state index contributed by atoms with van der Waals surface area (Å²) in [7, 11) is 0. The molecule has 0 aliphatic carbocycles. The maximum atomic E-state index is 14.3. The van der Waals surface area contributed by atoms with Gasteiger partial charge in [0.2, 0.25) is 5.91 Å². The fraction of sp³-hybridized carbons (Fsp3) is 0.0690. The summed E-state index contributed by atoms with van der Waals surface area (Å²) in [5.74, 6) is -2.12. The number of nitrogens with one attached hydrogen (secondary N) is 1. The van der Waals surface area contributed by atoms with Crippen LogP contribution in [0.15, 0.2) is 97.1 Å². The highest BCUT2D eigenvalue weighted by atomic mass is 19.1. The SMILES string of the molecule is O=C1CN(C(=O)c2ccc(C(=O)c3ccccc3)cc2)C(c2ccc(F)cc2)c2cc(F)ccc2N1. The average Bonchev–Trinajstić information content (AvgIpc) is 3.04. The number of halogens is 2. The van der Waals surface area contributed by atoms with Crippen molar-refractivity contribution in [3.05, 3.63) is 137 Å². The van der Waals surface area contributed by atoms with E-state index in [9.17, 15) is 23.2 Å². The standard InChI is InChI=1S/C29H20F2N2O3/c30-22-12-10-18(11-13-22)27-24-16-23(31)14-15-25(24)32-26(34)17-33(27)29(36)21-8-6-20(7-9-21)28(35)19-4-2-1-3-5-19/h1-16,27H,17H2,(H,32,34). The molecular formula is C29H20F2N2O3. The summed E-state index contributed by atoms with van der Waals surface area (Å²) in [5, 5.41) is 2.72. The van der Waals surface area contributed by atoms with Gasteiger partial charge >= 0.3 is 0 Å². The third kappa shape index (κ3) is 4.51. The van der Waals surface area contributed by atoms with E-state index in [4.69, 9.17) is 0 Å². The first-order valence-corrected chi connectivity index (χ1v) is 11.3. The fourth-order valence-electron chi connectivity index (χ4n) is 4.36. The third-order valence-electron chi connectivity index (χ3n) is 6.08. The van der Waals surface area contributed by atoms with Gasteiger partial charge in [-0.05, 0) is 48.0 Å². The number of hydrogen-bond acceptors (Lipinski definition) is 3. The first-order valence-electron chi connectivity index (χ1n) is 11.3. The molecule has 0 fully saturated rings. The molecule has 7 heteroatoms. The molecule has 0 saturated carbocycles. The second-order valence-corrected chi connectivity index (χ2v) is 8.44. The summed E-state index contributed by atoms with van der Waals surface area (Å²) in [5.41, 5.74) is 2.44. The maximum Gasteiger partial charge on any atom is 0.255 e. The van der Waals surface area contributed by atoms with Crippen LogP contribution in [0, 0.1) is 11.6 Å². The van der Waals surface area contributed by atoms with Gasteiger partial charge in [-0.3, -0.25) is 14.4 Å². The van der Waals surface area contributed by atoms with Crippen LogP contribution in [0.1, 0.15) is 43.4 Å². The van der Waals surface area contributed by atoms with E-state index in [0.717, 1.165) is 0 Å². The second kappa shape index (κ2) is 9.54. The van der Waals surface area contributed by atoms with Gasteiger partial charge < -0.3 is 10.2 Å². The van der Waals surface area contributed by atoms with Gasteiger partial charge in [0.1, 0.15) is 18.2 Å². The van der Waals surface area contributed by atoms with Gasteiger partial charge in [-0.1, -0.05) is 54.6 Å². The highest BCUT2D eigenvalue weighted by molar-refractivity contribution is 6.09. The van der Waals surface area contributed by atoms with Crippen LogP contribution in [0.25, 0.3) is 0 Å². The van der Waals surface area contributed by atoms with Crippen molar-refractivity contribution in [2.75, 3.05) is 11.9 Å². The number of carbonyl (C=O) groups excluding carboxylic acids is 3. The Kier molecular flexibility index (Phi) is 6.12. The van der Waals surface area contributed by atoms with E-state index in [1.807, 2.05) is 6.07 Å². The number of anilines is 1. The molecule has 1 atom stereocenters. The third-order valence-corrected chi connectivity index (χ3v) is 6.08. The number of ketones is 1. The zero-order valence-corrected chi connectivity index (χ0v) is 18.9. The number of fused-ring (bicyclic) bond motifs is 1. The Morgan fingerprint density at radius 3 is 2.06 bits per heavy atom. The molecule has 1 heterocycles. The largest absolute Gasteiger partial charge is 0.324 e. The molecule has 0 radical (unpaired) electrons. The number of rotatable bonds is 4. The Morgan fingerprint density at radius 1 is 0.750 bits per heavy atom. The smallest absolute Gasteiger partial charge is 0.255 e. The Balaban J connectivity index is 1.54. The van der Waals surface area contributed by atoms with E-state index in [-0.39, 0.29) is 17.9 Å².